The Kier molecular flexibility index (Phi) is 7.91. The maximum atomic E-state index is 13.3. The highest BCUT2D eigenvalue weighted by Gasteiger charge is 2.31. The first-order valence-corrected chi connectivity index (χ1v) is 13.5. The lowest BCUT2D eigenvalue weighted by Crippen LogP contribution is -2.37. The van der Waals surface area contributed by atoms with Crippen molar-refractivity contribution in [2.75, 3.05) is 13.2 Å². The van der Waals surface area contributed by atoms with Crippen molar-refractivity contribution < 1.29 is 22.7 Å². The standard InChI is InChI=1S/C25H29ClN2O5S/c26-22-12-11-19(25(30)33-17-24(29)27-21-9-3-1-2-4-10-21)15-23(22)34(31,32)28-14-13-18-7-5-6-8-20(18)16-28/h5-8,11-12,15,21H,1-4,9-10,13-14,16-17H2,(H,27,29). The normalized spacial score (nSPS) is 17.4. The summed E-state index contributed by atoms with van der Waals surface area (Å²) in [5.74, 6) is -1.12. The minimum absolute atomic E-state index is 0.0292. The summed E-state index contributed by atoms with van der Waals surface area (Å²) in [7, 11) is -3.93. The van der Waals surface area contributed by atoms with Crippen LogP contribution in [0.3, 0.4) is 0 Å². The number of hydrogen-bond acceptors (Lipinski definition) is 5. The fourth-order valence-electron chi connectivity index (χ4n) is 4.55. The molecule has 1 fully saturated rings. The van der Waals surface area contributed by atoms with Crippen LogP contribution in [0.25, 0.3) is 0 Å². The van der Waals surface area contributed by atoms with Crippen molar-refractivity contribution in [2.45, 2.75) is 62.4 Å². The summed E-state index contributed by atoms with van der Waals surface area (Å²) < 4.78 is 33.2. The number of nitrogens with one attached hydrogen (secondary N) is 1. The second kappa shape index (κ2) is 10.9. The Morgan fingerprint density at radius 1 is 1.03 bits per heavy atom. The molecule has 0 radical (unpaired) electrons. The van der Waals surface area contributed by atoms with Gasteiger partial charge in [-0.25, -0.2) is 13.2 Å². The summed E-state index contributed by atoms with van der Waals surface area (Å²) in [6.45, 7) is 0.152. The number of sulfonamides is 1. The Morgan fingerprint density at radius 2 is 1.74 bits per heavy atom. The molecule has 1 saturated carbocycles. The van der Waals surface area contributed by atoms with Gasteiger partial charge in [0, 0.05) is 19.1 Å². The van der Waals surface area contributed by atoms with E-state index >= 15 is 0 Å². The summed E-state index contributed by atoms with van der Waals surface area (Å²) in [6, 6.07) is 11.8. The Hall–Kier alpha value is -2.42. The fraction of sp³-hybridized carbons (Fsp3) is 0.440. The largest absolute Gasteiger partial charge is 0.452 e. The van der Waals surface area contributed by atoms with Gasteiger partial charge in [-0.2, -0.15) is 4.31 Å². The number of nitrogens with zero attached hydrogens (tertiary/aromatic N) is 1. The number of carbonyl (C=O) groups excluding carboxylic acids is 2. The zero-order valence-corrected chi connectivity index (χ0v) is 20.5. The van der Waals surface area contributed by atoms with Gasteiger partial charge in [-0.15, -0.1) is 0 Å². The molecule has 0 unspecified atom stereocenters. The Bertz CT molecular complexity index is 1160. The fourth-order valence-corrected chi connectivity index (χ4v) is 6.47. The van der Waals surface area contributed by atoms with Gasteiger partial charge in [-0.1, -0.05) is 61.5 Å². The molecule has 0 bridgehead atoms. The third kappa shape index (κ3) is 5.79. The highest BCUT2D eigenvalue weighted by molar-refractivity contribution is 7.89. The molecule has 34 heavy (non-hydrogen) atoms. The molecule has 7 nitrogen and oxygen atoms in total. The van der Waals surface area contributed by atoms with Crippen LogP contribution in [0.15, 0.2) is 47.4 Å². The van der Waals surface area contributed by atoms with Crippen LogP contribution in [0.2, 0.25) is 5.02 Å². The lowest BCUT2D eigenvalue weighted by Gasteiger charge is -2.28. The number of benzene rings is 2. The molecule has 0 saturated heterocycles. The molecular formula is C25H29ClN2O5S. The van der Waals surface area contributed by atoms with Gasteiger partial charge in [0.05, 0.1) is 10.6 Å². The predicted molar refractivity (Wildman–Crippen MR) is 129 cm³/mol. The second-order valence-corrected chi connectivity index (χ2v) is 11.1. The van der Waals surface area contributed by atoms with E-state index in [2.05, 4.69) is 5.32 Å². The molecule has 1 amide bonds. The molecule has 1 heterocycles. The van der Waals surface area contributed by atoms with Crippen molar-refractivity contribution in [2.24, 2.45) is 0 Å². The summed E-state index contributed by atoms with van der Waals surface area (Å²) in [6.07, 6.45) is 6.97. The number of halogens is 1. The van der Waals surface area contributed by atoms with E-state index in [9.17, 15) is 18.0 Å². The highest BCUT2D eigenvalue weighted by atomic mass is 35.5. The molecule has 1 aliphatic heterocycles. The van der Waals surface area contributed by atoms with Gasteiger partial charge in [0.2, 0.25) is 10.0 Å². The number of amides is 1. The zero-order chi connectivity index (χ0) is 24.1. The van der Waals surface area contributed by atoms with Crippen LogP contribution in [-0.4, -0.2) is 43.8 Å². The number of rotatable bonds is 6. The predicted octanol–water partition coefficient (Wildman–Crippen LogP) is 4.08. The first-order chi connectivity index (χ1) is 16.3. The molecule has 0 atom stereocenters. The summed E-state index contributed by atoms with van der Waals surface area (Å²) in [4.78, 5) is 24.7. The molecule has 0 aromatic heterocycles. The van der Waals surface area contributed by atoms with E-state index in [1.165, 1.54) is 35.3 Å². The summed E-state index contributed by atoms with van der Waals surface area (Å²) in [5, 5.41) is 2.95. The van der Waals surface area contributed by atoms with Gasteiger partial charge in [0.15, 0.2) is 6.61 Å². The average Bonchev–Trinajstić information content (AvgIpc) is 3.11. The van der Waals surface area contributed by atoms with Crippen molar-refractivity contribution >= 4 is 33.5 Å². The number of fused-ring (bicyclic) bond motifs is 1. The van der Waals surface area contributed by atoms with Gasteiger partial charge in [0.1, 0.15) is 4.90 Å². The lowest BCUT2D eigenvalue weighted by atomic mass is 10.0. The van der Waals surface area contributed by atoms with Crippen molar-refractivity contribution in [1.29, 1.82) is 0 Å². The van der Waals surface area contributed by atoms with E-state index < -0.39 is 22.6 Å². The molecule has 1 aliphatic carbocycles. The van der Waals surface area contributed by atoms with Gasteiger partial charge in [0.25, 0.3) is 5.91 Å². The van der Waals surface area contributed by atoms with E-state index in [1.807, 2.05) is 24.3 Å². The number of esters is 1. The van der Waals surface area contributed by atoms with Crippen LogP contribution in [0, 0.1) is 0 Å². The van der Waals surface area contributed by atoms with Crippen LogP contribution in [0.5, 0.6) is 0 Å². The molecule has 1 N–H and O–H groups in total. The first kappa shape index (κ1) is 24.7. The minimum atomic E-state index is -3.93. The van der Waals surface area contributed by atoms with Gasteiger partial charge >= 0.3 is 5.97 Å². The molecule has 4 rings (SSSR count). The van der Waals surface area contributed by atoms with Crippen LogP contribution < -0.4 is 5.32 Å². The molecule has 0 spiro atoms. The van der Waals surface area contributed by atoms with E-state index in [1.54, 1.807) is 0 Å². The van der Waals surface area contributed by atoms with E-state index in [0.717, 1.165) is 36.8 Å². The zero-order valence-electron chi connectivity index (χ0n) is 19.0. The summed E-state index contributed by atoms with van der Waals surface area (Å²) >= 11 is 6.23. The average molecular weight is 505 g/mol. The molecule has 2 aromatic rings. The SMILES string of the molecule is O=C(COC(=O)c1ccc(Cl)c(S(=O)(=O)N2CCc3ccccc3C2)c1)NC1CCCCCC1. The molecular weight excluding hydrogens is 476 g/mol. The third-order valence-electron chi connectivity index (χ3n) is 6.43. The quantitative estimate of drug-likeness (QED) is 0.472. The molecule has 9 heteroatoms. The molecule has 2 aromatic carbocycles. The van der Waals surface area contributed by atoms with E-state index in [-0.39, 0.29) is 34.0 Å². The maximum absolute atomic E-state index is 13.3. The molecule has 2 aliphatic rings. The number of ether oxygens (including phenoxy) is 1. The minimum Gasteiger partial charge on any atom is -0.452 e. The highest BCUT2D eigenvalue weighted by Crippen LogP contribution is 2.30. The third-order valence-corrected chi connectivity index (χ3v) is 8.76. The Morgan fingerprint density at radius 3 is 2.47 bits per heavy atom. The summed E-state index contributed by atoms with van der Waals surface area (Å²) in [5.41, 5.74) is 2.10. The Balaban J connectivity index is 1.42. The smallest absolute Gasteiger partial charge is 0.338 e. The van der Waals surface area contributed by atoms with Crippen molar-refractivity contribution in [1.82, 2.24) is 9.62 Å². The van der Waals surface area contributed by atoms with Crippen LogP contribution in [-0.2, 0) is 32.5 Å². The van der Waals surface area contributed by atoms with E-state index in [4.69, 9.17) is 16.3 Å². The maximum Gasteiger partial charge on any atom is 0.338 e. The van der Waals surface area contributed by atoms with E-state index in [0.29, 0.717) is 13.0 Å². The monoisotopic (exact) mass is 504 g/mol. The van der Waals surface area contributed by atoms with Gasteiger partial charge < -0.3 is 10.1 Å². The second-order valence-electron chi connectivity index (χ2n) is 8.83. The van der Waals surface area contributed by atoms with Crippen LogP contribution in [0.1, 0.15) is 60.0 Å². The van der Waals surface area contributed by atoms with Crippen molar-refractivity contribution in [3.05, 3.63) is 64.2 Å². The Labute approximate surface area is 205 Å². The van der Waals surface area contributed by atoms with Crippen molar-refractivity contribution in [3.8, 4) is 0 Å². The van der Waals surface area contributed by atoms with Crippen LogP contribution >= 0.6 is 11.6 Å². The van der Waals surface area contributed by atoms with Gasteiger partial charge in [-0.05, 0) is 48.6 Å². The molecule has 182 valence electrons. The number of carbonyl (C=O) groups is 2. The number of hydrogen-bond donors (Lipinski definition) is 1. The van der Waals surface area contributed by atoms with Gasteiger partial charge in [-0.3, -0.25) is 4.79 Å². The van der Waals surface area contributed by atoms with Crippen LogP contribution in [0.4, 0.5) is 0 Å². The topological polar surface area (TPSA) is 92.8 Å². The lowest BCUT2D eigenvalue weighted by molar-refractivity contribution is -0.125. The first-order valence-electron chi connectivity index (χ1n) is 11.7. The van der Waals surface area contributed by atoms with Crippen molar-refractivity contribution in [3.63, 3.8) is 0 Å².